The SMILES string of the molecule is CC[C@@H]1c2ccsc2CCN1C(=O)c1nn(-c2ccccc2F)c(C)cc1=O. The number of halogens is 1. The van der Waals surface area contributed by atoms with Gasteiger partial charge in [0.1, 0.15) is 11.5 Å². The molecule has 0 saturated heterocycles. The molecule has 1 aliphatic rings. The van der Waals surface area contributed by atoms with Crippen molar-refractivity contribution in [2.75, 3.05) is 6.54 Å². The lowest BCUT2D eigenvalue weighted by molar-refractivity contribution is 0.0647. The molecule has 28 heavy (non-hydrogen) atoms. The van der Waals surface area contributed by atoms with Gasteiger partial charge in [0, 0.05) is 23.2 Å². The first-order valence-electron chi connectivity index (χ1n) is 9.24. The molecule has 2 aromatic heterocycles. The van der Waals surface area contributed by atoms with Crippen molar-refractivity contribution in [2.24, 2.45) is 0 Å². The van der Waals surface area contributed by atoms with Gasteiger partial charge in [0.2, 0.25) is 5.43 Å². The minimum atomic E-state index is -0.465. The molecule has 5 nitrogen and oxygen atoms in total. The van der Waals surface area contributed by atoms with Crippen molar-refractivity contribution in [1.29, 1.82) is 0 Å². The number of aromatic nitrogens is 2. The molecule has 3 aromatic rings. The van der Waals surface area contributed by atoms with Gasteiger partial charge in [-0.3, -0.25) is 9.59 Å². The number of thiophene rings is 1. The van der Waals surface area contributed by atoms with Crippen molar-refractivity contribution in [3.63, 3.8) is 0 Å². The number of para-hydroxylation sites is 1. The summed E-state index contributed by atoms with van der Waals surface area (Å²) in [5.41, 5.74) is 1.21. The van der Waals surface area contributed by atoms with Gasteiger partial charge in [0.05, 0.1) is 6.04 Å². The second-order valence-electron chi connectivity index (χ2n) is 6.83. The molecule has 1 aromatic carbocycles. The summed E-state index contributed by atoms with van der Waals surface area (Å²) in [5, 5.41) is 6.30. The quantitative estimate of drug-likeness (QED) is 0.674. The van der Waals surface area contributed by atoms with Crippen molar-refractivity contribution >= 4 is 17.2 Å². The van der Waals surface area contributed by atoms with Crippen LogP contribution in [0.2, 0.25) is 0 Å². The highest BCUT2D eigenvalue weighted by Gasteiger charge is 2.33. The Bertz CT molecular complexity index is 1110. The summed E-state index contributed by atoms with van der Waals surface area (Å²) in [7, 11) is 0. The van der Waals surface area contributed by atoms with Crippen LogP contribution in [0.1, 0.15) is 46.0 Å². The topological polar surface area (TPSA) is 55.2 Å². The molecular formula is C21H20FN3O2S. The summed E-state index contributed by atoms with van der Waals surface area (Å²) in [5.74, 6) is -0.869. The van der Waals surface area contributed by atoms with E-state index in [0.717, 1.165) is 18.4 Å². The number of rotatable bonds is 3. The van der Waals surface area contributed by atoms with Gasteiger partial charge in [-0.2, -0.15) is 5.10 Å². The zero-order valence-corrected chi connectivity index (χ0v) is 16.5. The number of carbonyl (C=O) groups excluding carboxylic acids is 1. The Morgan fingerprint density at radius 2 is 2.11 bits per heavy atom. The van der Waals surface area contributed by atoms with Crippen molar-refractivity contribution in [1.82, 2.24) is 14.7 Å². The van der Waals surface area contributed by atoms with Crippen molar-refractivity contribution < 1.29 is 9.18 Å². The van der Waals surface area contributed by atoms with E-state index in [4.69, 9.17) is 0 Å². The van der Waals surface area contributed by atoms with E-state index in [9.17, 15) is 14.0 Å². The van der Waals surface area contributed by atoms with Crippen molar-refractivity contribution in [3.8, 4) is 5.69 Å². The summed E-state index contributed by atoms with van der Waals surface area (Å²) in [6.45, 7) is 4.24. The maximum atomic E-state index is 14.3. The van der Waals surface area contributed by atoms with E-state index < -0.39 is 17.2 Å². The number of aryl methyl sites for hydroxylation is 1. The average Bonchev–Trinajstić information content (AvgIpc) is 3.16. The molecule has 0 N–H and O–H groups in total. The number of hydrogen-bond acceptors (Lipinski definition) is 4. The largest absolute Gasteiger partial charge is 0.330 e. The predicted molar refractivity (Wildman–Crippen MR) is 107 cm³/mol. The van der Waals surface area contributed by atoms with E-state index in [1.807, 2.05) is 18.4 Å². The molecular weight excluding hydrogens is 377 g/mol. The molecule has 144 valence electrons. The Hall–Kier alpha value is -2.80. The van der Waals surface area contributed by atoms with Gasteiger partial charge in [-0.15, -0.1) is 11.3 Å². The van der Waals surface area contributed by atoms with E-state index in [0.29, 0.717) is 12.2 Å². The van der Waals surface area contributed by atoms with Crippen LogP contribution in [-0.4, -0.2) is 27.1 Å². The van der Waals surface area contributed by atoms with Crippen LogP contribution in [0.5, 0.6) is 0 Å². The monoisotopic (exact) mass is 397 g/mol. The smallest absolute Gasteiger partial charge is 0.278 e. The van der Waals surface area contributed by atoms with E-state index >= 15 is 0 Å². The maximum Gasteiger partial charge on any atom is 0.278 e. The average molecular weight is 397 g/mol. The highest BCUT2D eigenvalue weighted by atomic mass is 32.1. The van der Waals surface area contributed by atoms with Crippen LogP contribution >= 0.6 is 11.3 Å². The molecule has 1 aliphatic heterocycles. The lowest BCUT2D eigenvalue weighted by Gasteiger charge is -2.35. The molecule has 0 bridgehead atoms. The van der Waals surface area contributed by atoms with E-state index in [1.54, 1.807) is 41.4 Å². The van der Waals surface area contributed by atoms with Gasteiger partial charge in [0.25, 0.3) is 5.91 Å². The predicted octanol–water partition coefficient (Wildman–Crippen LogP) is 3.89. The first-order valence-corrected chi connectivity index (χ1v) is 10.1. The zero-order chi connectivity index (χ0) is 19.8. The molecule has 3 heterocycles. The fourth-order valence-electron chi connectivity index (χ4n) is 3.78. The summed E-state index contributed by atoms with van der Waals surface area (Å²) in [4.78, 5) is 28.8. The van der Waals surface area contributed by atoms with Crippen molar-refractivity contribution in [2.45, 2.75) is 32.7 Å². The summed E-state index contributed by atoms with van der Waals surface area (Å²) in [6.07, 6.45) is 1.52. The summed E-state index contributed by atoms with van der Waals surface area (Å²) in [6, 6.07) is 9.48. The molecule has 0 aliphatic carbocycles. The van der Waals surface area contributed by atoms with Gasteiger partial charge in [-0.25, -0.2) is 9.07 Å². The molecule has 0 radical (unpaired) electrons. The molecule has 4 rings (SSSR count). The third-order valence-corrected chi connectivity index (χ3v) is 6.13. The van der Waals surface area contributed by atoms with Gasteiger partial charge in [-0.1, -0.05) is 19.1 Å². The van der Waals surface area contributed by atoms with Crippen LogP contribution in [-0.2, 0) is 6.42 Å². The second kappa shape index (κ2) is 7.31. The third-order valence-electron chi connectivity index (χ3n) is 5.13. The highest BCUT2D eigenvalue weighted by Crippen LogP contribution is 2.35. The van der Waals surface area contributed by atoms with Crippen LogP contribution in [0.15, 0.2) is 46.6 Å². The molecule has 0 spiro atoms. The minimum Gasteiger partial charge on any atom is -0.330 e. The summed E-state index contributed by atoms with van der Waals surface area (Å²) >= 11 is 1.70. The highest BCUT2D eigenvalue weighted by molar-refractivity contribution is 7.10. The lowest BCUT2D eigenvalue weighted by atomic mass is 9.97. The fourth-order valence-corrected chi connectivity index (χ4v) is 4.71. The second-order valence-corrected chi connectivity index (χ2v) is 7.83. The Kier molecular flexibility index (Phi) is 4.85. The van der Waals surface area contributed by atoms with Gasteiger partial charge < -0.3 is 4.90 Å². The molecule has 1 amide bonds. The summed E-state index contributed by atoms with van der Waals surface area (Å²) < 4.78 is 15.6. The molecule has 7 heteroatoms. The number of benzene rings is 1. The number of fused-ring (bicyclic) bond motifs is 1. The van der Waals surface area contributed by atoms with E-state index in [-0.39, 0.29) is 17.4 Å². The third kappa shape index (κ3) is 3.05. The molecule has 1 atom stereocenters. The van der Waals surface area contributed by atoms with Crippen LogP contribution < -0.4 is 5.43 Å². The van der Waals surface area contributed by atoms with Crippen LogP contribution in [0, 0.1) is 12.7 Å². The van der Waals surface area contributed by atoms with Gasteiger partial charge >= 0.3 is 0 Å². The van der Waals surface area contributed by atoms with Gasteiger partial charge in [-0.05, 0) is 48.9 Å². The van der Waals surface area contributed by atoms with E-state index in [2.05, 4.69) is 5.10 Å². The lowest BCUT2D eigenvalue weighted by Crippen LogP contribution is -2.42. The van der Waals surface area contributed by atoms with Crippen LogP contribution in [0.4, 0.5) is 4.39 Å². The fraction of sp³-hybridized carbons (Fsp3) is 0.286. The molecule has 0 saturated carbocycles. The number of carbonyl (C=O) groups is 1. The minimum absolute atomic E-state index is 0.0769. The maximum absolute atomic E-state index is 14.3. The van der Waals surface area contributed by atoms with E-state index in [1.165, 1.54) is 21.7 Å². The first kappa shape index (κ1) is 18.6. The Morgan fingerprint density at radius 3 is 2.86 bits per heavy atom. The Balaban J connectivity index is 1.77. The number of hydrogen-bond donors (Lipinski definition) is 0. The van der Waals surface area contributed by atoms with Crippen LogP contribution in [0.3, 0.4) is 0 Å². The van der Waals surface area contributed by atoms with Crippen molar-refractivity contribution in [3.05, 3.63) is 79.6 Å². The molecule has 0 fully saturated rings. The molecule has 0 unspecified atom stereocenters. The standard InChI is InChI=1S/C21H20FN3O2S/c1-3-16-14-9-11-28-19(14)8-10-24(16)21(27)20-18(26)12-13(2)25(23-20)17-7-5-4-6-15(17)22/h4-7,9,11-12,16H,3,8,10H2,1-2H3/t16-/m1/s1. The van der Waals surface area contributed by atoms with Crippen LogP contribution in [0.25, 0.3) is 5.69 Å². The first-order chi connectivity index (χ1) is 13.5. The van der Waals surface area contributed by atoms with Gasteiger partial charge in [0.15, 0.2) is 5.69 Å². The zero-order valence-electron chi connectivity index (χ0n) is 15.7. The number of amides is 1. The Labute approximate surface area is 166 Å². The number of nitrogens with zero attached hydrogens (tertiary/aromatic N) is 3. The normalized spacial score (nSPS) is 16.1. The Morgan fingerprint density at radius 1 is 1.32 bits per heavy atom.